The Morgan fingerprint density at radius 1 is 1.47 bits per heavy atom. The van der Waals surface area contributed by atoms with Crippen LogP contribution in [0.3, 0.4) is 0 Å². The van der Waals surface area contributed by atoms with Gasteiger partial charge in [0.15, 0.2) is 0 Å². The highest BCUT2D eigenvalue weighted by Gasteiger charge is 2.33. The van der Waals surface area contributed by atoms with Crippen LogP contribution in [0.2, 0.25) is 0 Å². The molecule has 1 atom stereocenters. The Balaban J connectivity index is 2.12. The Hall–Kier alpha value is -1.46. The molecule has 104 valence electrons. The van der Waals surface area contributed by atoms with E-state index in [-0.39, 0.29) is 22.1 Å². The van der Waals surface area contributed by atoms with Gasteiger partial charge in [0.25, 0.3) is 5.69 Å². The van der Waals surface area contributed by atoms with Crippen LogP contribution >= 0.6 is 0 Å². The van der Waals surface area contributed by atoms with Crippen molar-refractivity contribution in [2.75, 3.05) is 13.1 Å². The summed E-state index contributed by atoms with van der Waals surface area (Å²) in [5.74, 6) is 0. The maximum atomic E-state index is 11.0. The van der Waals surface area contributed by atoms with Gasteiger partial charge in [-0.25, -0.2) is 0 Å². The Kier molecular flexibility index (Phi) is 3.87. The molecule has 0 spiro atoms. The van der Waals surface area contributed by atoms with E-state index in [2.05, 4.69) is 18.7 Å². The number of nitrogens with two attached hydrogens (primary N) is 1. The number of hydrogen-bond donors (Lipinski definition) is 1. The zero-order chi connectivity index (χ0) is 14.0. The van der Waals surface area contributed by atoms with E-state index in [1.807, 2.05) is 12.1 Å². The third-order valence-electron chi connectivity index (χ3n) is 3.97. The SMILES string of the molecule is CC1(C)CN(Cc2ccccc2[N+](=O)[O-])CCC1N. The molecular formula is C14H21N3O2. The van der Waals surface area contributed by atoms with Crippen molar-refractivity contribution in [2.24, 2.45) is 11.1 Å². The molecule has 0 saturated carbocycles. The summed E-state index contributed by atoms with van der Waals surface area (Å²) in [6, 6.07) is 7.16. The van der Waals surface area contributed by atoms with Gasteiger partial charge in [-0.2, -0.15) is 0 Å². The third-order valence-corrected chi connectivity index (χ3v) is 3.97. The summed E-state index contributed by atoms with van der Waals surface area (Å²) in [5, 5.41) is 11.0. The van der Waals surface area contributed by atoms with Crippen LogP contribution in [0.25, 0.3) is 0 Å². The molecular weight excluding hydrogens is 242 g/mol. The van der Waals surface area contributed by atoms with Crippen LogP contribution in [0.1, 0.15) is 25.8 Å². The van der Waals surface area contributed by atoms with Crippen molar-refractivity contribution in [1.29, 1.82) is 0 Å². The number of nitro groups is 1. The van der Waals surface area contributed by atoms with Gasteiger partial charge in [0, 0.05) is 37.3 Å². The molecule has 1 unspecified atom stereocenters. The highest BCUT2D eigenvalue weighted by molar-refractivity contribution is 5.39. The van der Waals surface area contributed by atoms with Crippen molar-refractivity contribution in [1.82, 2.24) is 4.90 Å². The predicted octanol–water partition coefficient (Wildman–Crippen LogP) is 2.15. The second-order valence-corrected chi connectivity index (χ2v) is 5.98. The molecule has 0 amide bonds. The third kappa shape index (κ3) is 3.11. The van der Waals surface area contributed by atoms with E-state index < -0.39 is 0 Å². The van der Waals surface area contributed by atoms with Crippen molar-refractivity contribution in [3.63, 3.8) is 0 Å². The van der Waals surface area contributed by atoms with Crippen LogP contribution in [0, 0.1) is 15.5 Å². The number of para-hydroxylation sites is 1. The quantitative estimate of drug-likeness (QED) is 0.670. The van der Waals surface area contributed by atoms with Crippen LogP contribution in [-0.4, -0.2) is 29.0 Å². The molecule has 1 aromatic carbocycles. The van der Waals surface area contributed by atoms with Gasteiger partial charge in [-0.15, -0.1) is 0 Å². The van der Waals surface area contributed by atoms with Crippen LogP contribution < -0.4 is 5.73 Å². The minimum absolute atomic E-state index is 0.0574. The van der Waals surface area contributed by atoms with Gasteiger partial charge in [0.05, 0.1) is 4.92 Å². The largest absolute Gasteiger partial charge is 0.327 e. The minimum Gasteiger partial charge on any atom is -0.327 e. The first-order valence-corrected chi connectivity index (χ1v) is 6.60. The molecule has 0 aliphatic carbocycles. The van der Waals surface area contributed by atoms with Gasteiger partial charge in [-0.05, 0) is 11.8 Å². The Morgan fingerprint density at radius 2 is 2.16 bits per heavy atom. The number of nitro benzene ring substituents is 1. The summed E-state index contributed by atoms with van der Waals surface area (Å²) in [7, 11) is 0. The molecule has 1 heterocycles. The molecule has 5 heteroatoms. The van der Waals surface area contributed by atoms with E-state index in [4.69, 9.17) is 5.73 Å². The zero-order valence-corrected chi connectivity index (χ0v) is 11.5. The molecule has 1 aliphatic heterocycles. The minimum atomic E-state index is -0.309. The summed E-state index contributed by atoms with van der Waals surface area (Å²) >= 11 is 0. The summed E-state index contributed by atoms with van der Waals surface area (Å²) in [6.07, 6.45) is 0.938. The van der Waals surface area contributed by atoms with Crippen LogP contribution in [0.15, 0.2) is 24.3 Å². The first kappa shape index (κ1) is 14.0. The lowest BCUT2D eigenvalue weighted by atomic mass is 9.79. The smallest absolute Gasteiger partial charge is 0.273 e. The van der Waals surface area contributed by atoms with E-state index >= 15 is 0 Å². The number of piperidine rings is 1. The molecule has 1 fully saturated rings. The molecule has 1 saturated heterocycles. The van der Waals surface area contributed by atoms with Crippen LogP contribution in [0.4, 0.5) is 5.69 Å². The van der Waals surface area contributed by atoms with E-state index in [1.54, 1.807) is 12.1 Å². The predicted molar refractivity (Wildman–Crippen MR) is 74.7 cm³/mol. The standard InChI is InChI=1S/C14H21N3O2/c1-14(2)10-16(8-7-13(14)15)9-11-5-3-4-6-12(11)17(18)19/h3-6,13H,7-10,15H2,1-2H3. The fraction of sp³-hybridized carbons (Fsp3) is 0.571. The molecule has 2 N–H and O–H groups in total. The van der Waals surface area contributed by atoms with Crippen LogP contribution in [0.5, 0.6) is 0 Å². The van der Waals surface area contributed by atoms with E-state index in [9.17, 15) is 10.1 Å². The average molecular weight is 263 g/mol. The topological polar surface area (TPSA) is 72.4 Å². The van der Waals surface area contributed by atoms with Crippen LogP contribution in [-0.2, 0) is 6.54 Å². The fourth-order valence-corrected chi connectivity index (χ4v) is 2.68. The monoisotopic (exact) mass is 263 g/mol. The maximum absolute atomic E-state index is 11.0. The van der Waals surface area contributed by atoms with Gasteiger partial charge in [-0.1, -0.05) is 32.0 Å². The molecule has 1 aromatic rings. The van der Waals surface area contributed by atoms with E-state index in [0.717, 1.165) is 25.1 Å². The normalized spacial score (nSPS) is 23.2. The van der Waals surface area contributed by atoms with Crippen molar-refractivity contribution < 1.29 is 4.92 Å². The Bertz CT molecular complexity index is 474. The average Bonchev–Trinajstić information content (AvgIpc) is 2.34. The highest BCUT2D eigenvalue weighted by atomic mass is 16.6. The summed E-state index contributed by atoms with van der Waals surface area (Å²) in [6.45, 7) is 6.70. The van der Waals surface area contributed by atoms with Gasteiger partial charge in [-0.3, -0.25) is 15.0 Å². The first-order chi connectivity index (χ1) is 8.90. The maximum Gasteiger partial charge on any atom is 0.273 e. The molecule has 0 radical (unpaired) electrons. The van der Waals surface area contributed by atoms with Crippen molar-refractivity contribution in [3.05, 3.63) is 39.9 Å². The van der Waals surface area contributed by atoms with E-state index in [1.165, 1.54) is 0 Å². The molecule has 2 rings (SSSR count). The van der Waals surface area contributed by atoms with E-state index in [0.29, 0.717) is 6.54 Å². The molecule has 19 heavy (non-hydrogen) atoms. The lowest BCUT2D eigenvalue weighted by Crippen LogP contribution is -2.52. The van der Waals surface area contributed by atoms with Gasteiger partial charge >= 0.3 is 0 Å². The lowest BCUT2D eigenvalue weighted by molar-refractivity contribution is -0.385. The van der Waals surface area contributed by atoms with Crippen molar-refractivity contribution >= 4 is 5.69 Å². The summed E-state index contributed by atoms with van der Waals surface area (Å²) in [4.78, 5) is 13.0. The molecule has 0 bridgehead atoms. The molecule has 1 aliphatic rings. The second-order valence-electron chi connectivity index (χ2n) is 5.98. The highest BCUT2D eigenvalue weighted by Crippen LogP contribution is 2.29. The lowest BCUT2D eigenvalue weighted by Gasteiger charge is -2.42. The Labute approximate surface area is 113 Å². The van der Waals surface area contributed by atoms with Gasteiger partial charge < -0.3 is 5.73 Å². The van der Waals surface area contributed by atoms with Crippen molar-refractivity contribution in [2.45, 2.75) is 32.9 Å². The number of hydrogen-bond acceptors (Lipinski definition) is 4. The number of benzene rings is 1. The van der Waals surface area contributed by atoms with Crippen molar-refractivity contribution in [3.8, 4) is 0 Å². The molecule has 0 aromatic heterocycles. The summed E-state index contributed by atoms with van der Waals surface area (Å²) < 4.78 is 0. The number of likely N-dealkylation sites (tertiary alicyclic amines) is 1. The van der Waals surface area contributed by atoms with Gasteiger partial charge in [0.1, 0.15) is 0 Å². The Morgan fingerprint density at radius 3 is 2.79 bits per heavy atom. The molecule has 5 nitrogen and oxygen atoms in total. The number of nitrogens with zero attached hydrogens (tertiary/aromatic N) is 2. The zero-order valence-electron chi connectivity index (χ0n) is 11.5. The van der Waals surface area contributed by atoms with Gasteiger partial charge in [0.2, 0.25) is 0 Å². The first-order valence-electron chi connectivity index (χ1n) is 6.60. The fourth-order valence-electron chi connectivity index (χ4n) is 2.68. The second kappa shape index (κ2) is 5.27. The number of rotatable bonds is 3. The summed E-state index contributed by atoms with van der Waals surface area (Å²) in [5.41, 5.74) is 7.15.